The zero-order valence-electron chi connectivity index (χ0n) is 9.07. The molecule has 0 aromatic carbocycles. The smallest absolute Gasteiger partial charge is 0.163 e. The summed E-state index contributed by atoms with van der Waals surface area (Å²) in [5.74, 6) is 0. The highest BCUT2D eigenvalue weighted by atomic mass is 127. The van der Waals surface area contributed by atoms with Gasteiger partial charge in [-0.15, -0.1) is 0 Å². The number of hydrogen-bond donors (Lipinski definition) is 0. The first-order chi connectivity index (χ1) is 8.25. The van der Waals surface area contributed by atoms with Crippen LogP contribution in [0.1, 0.15) is 25.5 Å². The van der Waals surface area contributed by atoms with Crippen molar-refractivity contribution in [3.63, 3.8) is 0 Å². The number of rotatable bonds is 1. The fraction of sp³-hybridized carbons (Fsp3) is 0.455. The van der Waals surface area contributed by atoms with Gasteiger partial charge in [-0.2, -0.15) is 5.10 Å². The van der Waals surface area contributed by atoms with Gasteiger partial charge in [-0.05, 0) is 54.0 Å². The molecule has 1 unspecified atom stereocenters. The van der Waals surface area contributed by atoms with Crippen LogP contribution in [0.15, 0.2) is 12.1 Å². The highest BCUT2D eigenvalue weighted by molar-refractivity contribution is 14.1. The molecule has 1 aliphatic rings. The van der Waals surface area contributed by atoms with E-state index in [4.69, 9.17) is 16.3 Å². The molecule has 2 aromatic heterocycles. The van der Waals surface area contributed by atoms with Crippen LogP contribution in [0.25, 0.3) is 11.0 Å². The second kappa shape index (κ2) is 4.70. The van der Waals surface area contributed by atoms with Gasteiger partial charge in [-0.25, -0.2) is 9.67 Å². The van der Waals surface area contributed by atoms with Crippen molar-refractivity contribution < 1.29 is 4.74 Å². The molecular weight excluding hydrogens is 352 g/mol. The van der Waals surface area contributed by atoms with Crippen molar-refractivity contribution in [2.45, 2.75) is 25.5 Å². The maximum Gasteiger partial charge on any atom is 0.163 e. The van der Waals surface area contributed by atoms with Gasteiger partial charge >= 0.3 is 0 Å². The SMILES string of the molecule is Clc1ccc2c(I)nn(C3CCCCO3)c2n1. The molecule has 0 amide bonds. The maximum atomic E-state index is 5.94. The summed E-state index contributed by atoms with van der Waals surface area (Å²) in [6, 6.07) is 3.75. The predicted octanol–water partition coefficient (Wildman–Crippen LogP) is 3.39. The van der Waals surface area contributed by atoms with E-state index in [2.05, 4.69) is 32.7 Å². The summed E-state index contributed by atoms with van der Waals surface area (Å²) < 4.78 is 8.54. The van der Waals surface area contributed by atoms with Gasteiger partial charge in [0.05, 0.1) is 5.39 Å². The summed E-state index contributed by atoms with van der Waals surface area (Å²) in [5, 5.41) is 6.03. The Morgan fingerprint density at radius 2 is 2.29 bits per heavy atom. The van der Waals surface area contributed by atoms with Crippen LogP contribution in [0.5, 0.6) is 0 Å². The van der Waals surface area contributed by atoms with Crippen LogP contribution in [0.4, 0.5) is 0 Å². The fourth-order valence-electron chi connectivity index (χ4n) is 2.07. The Kier molecular flexibility index (Phi) is 3.23. The van der Waals surface area contributed by atoms with Crippen molar-refractivity contribution in [2.24, 2.45) is 0 Å². The first kappa shape index (κ1) is 11.7. The van der Waals surface area contributed by atoms with Gasteiger partial charge in [0, 0.05) is 6.61 Å². The van der Waals surface area contributed by atoms with Crippen molar-refractivity contribution in [3.05, 3.63) is 21.0 Å². The molecule has 1 atom stereocenters. The second-order valence-corrected chi connectivity index (χ2v) is 5.47. The van der Waals surface area contributed by atoms with E-state index in [1.54, 1.807) is 6.07 Å². The summed E-state index contributed by atoms with van der Waals surface area (Å²) in [6.45, 7) is 0.795. The maximum absolute atomic E-state index is 5.94. The van der Waals surface area contributed by atoms with Crippen LogP contribution in [0, 0.1) is 3.70 Å². The molecule has 0 bridgehead atoms. The third kappa shape index (κ3) is 2.15. The number of pyridine rings is 1. The molecule has 0 saturated carbocycles. The first-order valence-corrected chi connectivity index (χ1v) is 7.03. The minimum atomic E-state index is 0.000678. The van der Waals surface area contributed by atoms with Gasteiger partial charge in [0.2, 0.25) is 0 Å². The molecule has 0 aliphatic carbocycles. The summed E-state index contributed by atoms with van der Waals surface area (Å²) in [6.07, 6.45) is 3.28. The summed E-state index contributed by atoms with van der Waals surface area (Å²) >= 11 is 8.16. The lowest BCUT2D eigenvalue weighted by Crippen LogP contribution is -2.19. The Balaban J connectivity index is 2.11. The molecule has 90 valence electrons. The average molecular weight is 364 g/mol. The topological polar surface area (TPSA) is 39.9 Å². The number of halogens is 2. The minimum absolute atomic E-state index is 0.000678. The number of fused-ring (bicyclic) bond motifs is 1. The quantitative estimate of drug-likeness (QED) is 0.576. The first-order valence-electron chi connectivity index (χ1n) is 5.57. The lowest BCUT2D eigenvalue weighted by Gasteiger charge is -2.22. The van der Waals surface area contributed by atoms with Gasteiger partial charge in [0.25, 0.3) is 0 Å². The molecule has 1 fully saturated rings. The van der Waals surface area contributed by atoms with Crippen molar-refractivity contribution in [1.29, 1.82) is 0 Å². The largest absolute Gasteiger partial charge is 0.356 e. The number of hydrogen-bond acceptors (Lipinski definition) is 3. The third-order valence-electron chi connectivity index (χ3n) is 2.90. The van der Waals surface area contributed by atoms with E-state index in [0.717, 1.165) is 34.2 Å². The van der Waals surface area contributed by atoms with E-state index >= 15 is 0 Å². The van der Waals surface area contributed by atoms with E-state index in [1.165, 1.54) is 6.42 Å². The van der Waals surface area contributed by atoms with Crippen LogP contribution in [0.3, 0.4) is 0 Å². The second-order valence-electron chi connectivity index (χ2n) is 4.06. The van der Waals surface area contributed by atoms with Crippen molar-refractivity contribution in [1.82, 2.24) is 14.8 Å². The lowest BCUT2D eigenvalue weighted by atomic mass is 10.2. The third-order valence-corrected chi connectivity index (χ3v) is 3.91. The average Bonchev–Trinajstić information content (AvgIpc) is 2.67. The molecule has 6 heteroatoms. The Morgan fingerprint density at radius 3 is 3.06 bits per heavy atom. The Labute approximate surface area is 117 Å². The molecule has 3 heterocycles. The van der Waals surface area contributed by atoms with E-state index < -0.39 is 0 Å². The summed E-state index contributed by atoms with van der Waals surface area (Å²) in [7, 11) is 0. The Bertz CT molecular complexity index is 551. The van der Waals surface area contributed by atoms with Crippen LogP contribution in [-0.4, -0.2) is 21.4 Å². The minimum Gasteiger partial charge on any atom is -0.356 e. The predicted molar refractivity (Wildman–Crippen MR) is 74.1 cm³/mol. The van der Waals surface area contributed by atoms with Gasteiger partial charge in [-0.3, -0.25) is 0 Å². The molecule has 4 nitrogen and oxygen atoms in total. The fourth-order valence-corrected chi connectivity index (χ4v) is 2.87. The van der Waals surface area contributed by atoms with E-state index in [9.17, 15) is 0 Å². The van der Waals surface area contributed by atoms with E-state index in [0.29, 0.717) is 5.15 Å². The number of ether oxygens (including phenoxy) is 1. The molecular formula is C11H11ClIN3O. The number of nitrogens with zero attached hydrogens (tertiary/aromatic N) is 3. The van der Waals surface area contributed by atoms with Crippen molar-refractivity contribution in [3.8, 4) is 0 Å². The highest BCUT2D eigenvalue weighted by Crippen LogP contribution is 2.28. The van der Waals surface area contributed by atoms with Gasteiger partial charge in [0.1, 0.15) is 8.85 Å². The van der Waals surface area contributed by atoms with Gasteiger partial charge in [0.15, 0.2) is 11.9 Å². The highest BCUT2D eigenvalue weighted by Gasteiger charge is 2.21. The molecule has 0 N–H and O–H groups in total. The molecule has 17 heavy (non-hydrogen) atoms. The van der Waals surface area contributed by atoms with Crippen molar-refractivity contribution >= 4 is 45.2 Å². The molecule has 2 aromatic rings. The summed E-state index contributed by atoms with van der Waals surface area (Å²) in [4.78, 5) is 4.35. The summed E-state index contributed by atoms with van der Waals surface area (Å²) in [5.41, 5.74) is 0.814. The molecule has 3 rings (SSSR count). The van der Waals surface area contributed by atoms with Crippen LogP contribution in [-0.2, 0) is 4.74 Å². The Hall–Kier alpha value is -0.400. The van der Waals surface area contributed by atoms with Gasteiger partial charge < -0.3 is 4.74 Å². The Morgan fingerprint density at radius 1 is 1.41 bits per heavy atom. The van der Waals surface area contributed by atoms with Gasteiger partial charge in [-0.1, -0.05) is 11.6 Å². The van der Waals surface area contributed by atoms with Crippen LogP contribution < -0.4 is 0 Å². The standard InChI is InChI=1S/C11H11ClIN3O/c12-8-5-4-7-10(13)15-16(11(7)14-8)9-3-1-2-6-17-9/h4-5,9H,1-3,6H2. The molecule has 1 aliphatic heterocycles. The lowest BCUT2D eigenvalue weighted by molar-refractivity contribution is -0.0372. The normalized spacial score (nSPS) is 20.9. The molecule has 1 saturated heterocycles. The van der Waals surface area contributed by atoms with Crippen LogP contribution in [0.2, 0.25) is 5.15 Å². The zero-order valence-corrected chi connectivity index (χ0v) is 12.0. The van der Waals surface area contributed by atoms with Crippen molar-refractivity contribution in [2.75, 3.05) is 6.61 Å². The van der Waals surface area contributed by atoms with E-state index in [1.807, 2.05) is 10.7 Å². The zero-order chi connectivity index (χ0) is 11.8. The number of aromatic nitrogens is 3. The molecule has 0 radical (unpaired) electrons. The monoisotopic (exact) mass is 363 g/mol. The molecule has 0 spiro atoms. The van der Waals surface area contributed by atoms with Crippen LogP contribution >= 0.6 is 34.2 Å². The van der Waals surface area contributed by atoms with E-state index in [-0.39, 0.29) is 6.23 Å².